The van der Waals surface area contributed by atoms with Crippen molar-refractivity contribution < 1.29 is 9.84 Å². The Morgan fingerprint density at radius 2 is 2.20 bits per heavy atom. The number of hydrogen-bond acceptors (Lipinski definition) is 4. The normalized spacial score (nSPS) is 33.1. The summed E-state index contributed by atoms with van der Waals surface area (Å²) in [5.74, 6) is 0. The molecule has 15 heavy (non-hydrogen) atoms. The minimum absolute atomic E-state index is 0.191. The van der Waals surface area contributed by atoms with Gasteiger partial charge in [0.1, 0.15) is 0 Å². The maximum atomic E-state index is 9.65. The molecule has 0 spiro atoms. The number of ether oxygens (including phenoxy) is 1. The lowest BCUT2D eigenvalue weighted by molar-refractivity contribution is 0.00747. The molecule has 2 fully saturated rings. The number of aliphatic hydroxyl groups excluding tert-OH is 1. The van der Waals surface area contributed by atoms with Gasteiger partial charge in [-0.1, -0.05) is 0 Å². The number of nitrogens with zero attached hydrogens (tertiary/aromatic N) is 3. The number of aliphatic hydroxyl groups is 1. The molecular formula is C10H15N3O2. The Morgan fingerprint density at radius 3 is 2.80 bits per heavy atom. The molecule has 5 nitrogen and oxygen atoms in total. The molecule has 0 radical (unpaired) electrons. The van der Waals surface area contributed by atoms with Crippen molar-refractivity contribution in [2.45, 2.75) is 18.2 Å². The van der Waals surface area contributed by atoms with Gasteiger partial charge in [0.25, 0.3) is 0 Å². The molecule has 3 heterocycles. The van der Waals surface area contributed by atoms with E-state index in [9.17, 15) is 5.11 Å². The fourth-order valence-corrected chi connectivity index (χ4v) is 2.30. The number of aromatic nitrogens is 2. The Bertz CT molecular complexity index is 321. The highest BCUT2D eigenvalue weighted by molar-refractivity contribution is 4.95. The van der Waals surface area contributed by atoms with Crippen molar-refractivity contribution in [2.75, 3.05) is 26.3 Å². The average molecular weight is 209 g/mol. The van der Waals surface area contributed by atoms with E-state index in [1.807, 2.05) is 16.9 Å². The largest absolute Gasteiger partial charge is 0.389 e. The topological polar surface area (TPSA) is 50.5 Å². The quantitative estimate of drug-likeness (QED) is 0.713. The van der Waals surface area contributed by atoms with Gasteiger partial charge in [0.15, 0.2) is 0 Å². The molecule has 2 saturated heterocycles. The van der Waals surface area contributed by atoms with Crippen molar-refractivity contribution in [3.05, 3.63) is 18.5 Å². The van der Waals surface area contributed by atoms with Crippen LogP contribution in [0.5, 0.6) is 0 Å². The second-order valence-electron chi connectivity index (χ2n) is 4.27. The van der Waals surface area contributed by atoms with Crippen molar-refractivity contribution >= 4 is 0 Å². The van der Waals surface area contributed by atoms with E-state index < -0.39 is 0 Å². The van der Waals surface area contributed by atoms with Gasteiger partial charge >= 0.3 is 0 Å². The van der Waals surface area contributed by atoms with E-state index in [1.165, 1.54) is 0 Å². The molecule has 0 aliphatic carbocycles. The van der Waals surface area contributed by atoms with Crippen molar-refractivity contribution in [3.8, 4) is 0 Å². The molecule has 0 amide bonds. The fraction of sp³-hybridized carbons (Fsp3) is 0.700. The molecule has 1 N–H and O–H groups in total. The number of hydrogen-bond donors (Lipinski definition) is 1. The zero-order valence-corrected chi connectivity index (χ0v) is 8.49. The van der Waals surface area contributed by atoms with Crippen LogP contribution in [0.1, 0.15) is 6.04 Å². The van der Waals surface area contributed by atoms with Gasteiger partial charge in [0.05, 0.1) is 31.4 Å². The Morgan fingerprint density at radius 1 is 1.33 bits per heavy atom. The molecule has 1 aromatic heterocycles. The summed E-state index contributed by atoms with van der Waals surface area (Å²) in [5.41, 5.74) is 0. The minimum Gasteiger partial charge on any atom is -0.389 e. The molecule has 2 aliphatic heterocycles. The van der Waals surface area contributed by atoms with E-state index in [0.29, 0.717) is 19.3 Å². The summed E-state index contributed by atoms with van der Waals surface area (Å²) in [6, 6.07) is 2.60. The lowest BCUT2D eigenvalue weighted by Gasteiger charge is -2.43. The third kappa shape index (κ3) is 1.56. The Hall–Kier alpha value is -0.910. The van der Waals surface area contributed by atoms with Crippen LogP contribution in [0.4, 0.5) is 0 Å². The zero-order valence-electron chi connectivity index (χ0n) is 8.49. The molecule has 0 aromatic carbocycles. The molecule has 5 heteroatoms. The summed E-state index contributed by atoms with van der Waals surface area (Å²) in [5, 5.41) is 13.9. The Labute approximate surface area is 88.2 Å². The van der Waals surface area contributed by atoms with E-state index in [0.717, 1.165) is 13.1 Å². The maximum absolute atomic E-state index is 9.65. The van der Waals surface area contributed by atoms with Gasteiger partial charge in [-0.05, 0) is 6.07 Å². The van der Waals surface area contributed by atoms with Crippen LogP contribution in [-0.4, -0.2) is 58.2 Å². The Balaban J connectivity index is 1.57. The van der Waals surface area contributed by atoms with Crippen LogP contribution < -0.4 is 0 Å². The van der Waals surface area contributed by atoms with Gasteiger partial charge in [-0.25, -0.2) is 0 Å². The van der Waals surface area contributed by atoms with E-state index in [1.54, 1.807) is 6.20 Å². The van der Waals surface area contributed by atoms with Gasteiger partial charge < -0.3 is 9.84 Å². The third-order valence-electron chi connectivity index (χ3n) is 3.28. The maximum Gasteiger partial charge on any atom is 0.0950 e. The fourth-order valence-electron chi connectivity index (χ4n) is 2.30. The van der Waals surface area contributed by atoms with Crippen LogP contribution in [0, 0.1) is 0 Å². The van der Waals surface area contributed by atoms with Crippen LogP contribution in [0.2, 0.25) is 0 Å². The van der Waals surface area contributed by atoms with Crippen molar-refractivity contribution in [2.24, 2.45) is 0 Å². The first kappa shape index (κ1) is 9.33. The second kappa shape index (κ2) is 3.59. The summed E-state index contributed by atoms with van der Waals surface area (Å²) in [6.45, 7) is 3.07. The molecule has 2 aliphatic rings. The third-order valence-corrected chi connectivity index (χ3v) is 3.28. The smallest absolute Gasteiger partial charge is 0.0950 e. The first-order chi connectivity index (χ1) is 7.34. The van der Waals surface area contributed by atoms with Gasteiger partial charge in [-0.3, -0.25) is 9.58 Å². The highest BCUT2D eigenvalue weighted by Crippen LogP contribution is 2.26. The van der Waals surface area contributed by atoms with Crippen molar-refractivity contribution in [3.63, 3.8) is 0 Å². The van der Waals surface area contributed by atoms with Crippen LogP contribution in [0.15, 0.2) is 18.5 Å². The lowest BCUT2D eigenvalue weighted by atomic mass is 10.0. The highest BCUT2D eigenvalue weighted by Gasteiger charge is 2.39. The molecule has 2 unspecified atom stereocenters. The van der Waals surface area contributed by atoms with E-state index in [4.69, 9.17) is 4.74 Å². The standard InChI is InChI=1S/C10H15N3O2/c14-10-7-15-6-9(10)12-4-8(5-12)13-3-1-2-11-13/h1-3,8-10,14H,4-7H2. The molecule has 0 saturated carbocycles. The SMILES string of the molecule is OC1COCC1N1CC(n2cccn2)C1. The van der Waals surface area contributed by atoms with Gasteiger partial charge in [-0.2, -0.15) is 5.10 Å². The monoisotopic (exact) mass is 209 g/mol. The van der Waals surface area contributed by atoms with E-state index in [2.05, 4.69) is 10.00 Å². The number of rotatable bonds is 2. The van der Waals surface area contributed by atoms with Crippen LogP contribution in [-0.2, 0) is 4.74 Å². The van der Waals surface area contributed by atoms with Crippen molar-refractivity contribution in [1.29, 1.82) is 0 Å². The molecule has 2 atom stereocenters. The zero-order chi connectivity index (χ0) is 10.3. The van der Waals surface area contributed by atoms with E-state index >= 15 is 0 Å². The summed E-state index contributed by atoms with van der Waals surface area (Å²) < 4.78 is 7.22. The highest BCUT2D eigenvalue weighted by atomic mass is 16.5. The van der Waals surface area contributed by atoms with Gasteiger partial charge in [-0.15, -0.1) is 0 Å². The van der Waals surface area contributed by atoms with Gasteiger partial charge in [0, 0.05) is 25.5 Å². The molecular weight excluding hydrogens is 194 g/mol. The van der Waals surface area contributed by atoms with Crippen LogP contribution in [0.25, 0.3) is 0 Å². The molecule has 0 bridgehead atoms. The summed E-state index contributed by atoms with van der Waals surface area (Å²) in [4.78, 5) is 2.27. The predicted octanol–water partition coefficient (Wildman–Crippen LogP) is -0.501. The minimum atomic E-state index is -0.316. The van der Waals surface area contributed by atoms with Crippen LogP contribution >= 0.6 is 0 Å². The molecule has 1 aromatic rings. The number of likely N-dealkylation sites (tertiary alicyclic amines) is 1. The van der Waals surface area contributed by atoms with Crippen molar-refractivity contribution in [1.82, 2.24) is 14.7 Å². The molecule has 3 rings (SSSR count). The lowest BCUT2D eigenvalue weighted by Crippen LogP contribution is -2.56. The first-order valence-corrected chi connectivity index (χ1v) is 5.33. The summed E-state index contributed by atoms with van der Waals surface area (Å²) in [7, 11) is 0. The summed E-state index contributed by atoms with van der Waals surface area (Å²) in [6.07, 6.45) is 3.48. The summed E-state index contributed by atoms with van der Waals surface area (Å²) >= 11 is 0. The first-order valence-electron chi connectivity index (χ1n) is 5.33. The van der Waals surface area contributed by atoms with Crippen LogP contribution in [0.3, 0.4) is 0 Å². The molecule has 82 valence electrons. The predicted molar refractivity (Wildman–Crippen MR) is 53.5 cm³/mol. The van der Waals surface area contributed by atoms with Gasteiger partial charge in [0.2, 0.25) is 0 Å². The second-order valence-corrected chi connectivity index (χ2v) is 4.27. The average Bonchev–Trinajstić information content (AvgIpc) is 2.76. The van der Waals surface area contributed by atoms with E-state index in [-0.39, 0.29) is 12.1 Å². The Kier molecular flexibility index (Phi) is 2.23.